The zero-order valence-corrected chi connectivity index (χ0v) is 16.3. The highest BCUT2D eigenvalue weighted by molar-refractivity contribution is 8.21. The molecule has 1 N–H and O–H groups in total. The lowest BCUT2D eigenvalue weighted by molar-refractivity contribution is -0.122. The van der Waals surface area contributed by atoms with Gasteiger partial charge in [-0.1, -0.05) is 18.6 Å². The Morgan fingerprint density at radius 2 is 1.80 bits per heavy atom. The molecule has 1 saturated heterocycles. The topological polar surface area (TPSA) is 46.2 Å². The highest BCUT2D eigenvalue weighted by Crippen LogP contribution is 2.64. The Morgan fingerprint density at radius 3 is 2.44 bits per heavy atom. The Balaban J connectivity index is 1.47. The highest BCUT2D eigenvalue weighted by atomic mass is 32.2. The summed E-state index contributed by atoms with van der Waals surface area (Å²) >= 11 is 4.35. The lowest BCUT2D eigenvalue weighted by Crippen LogP contribution is -2.48. The quantitative estimate of drug-likeness (QED) is 0.769. The van der Waals surface area contributed by atoms with Crippen LogP contribution < -0.4 is 5.32 Å². The lowest BCUT2D eigenvalue weighted by Gasteiger charge is -2.52. The number of nitrogens with one attached hydrogen (secondary N) is 1. The summed E-state index contributed by atoms with van der Waals surface area (Å²) in [5.41, 5.74) is 1.39. The fourth-order valence-electron chi connectivity index (χ4n) is 4.88. The van der Waals surface area contributed by atoms with Crippen LogP contribution >= 0.6 is 23.5 Å². The van der Waals surface area contributed by atoms with Crippen LogP contribution in [0.25, 0.3) is 0 Å². The van der Waals surface area contributed by atoms with Crippen LogP contribution in [0, 0.1) is 17.8 Å². The Bertz CT molecular complexity index is 668. The van der Waals surface area contributed by atoms with Crippen molar-refractivity contribution in [1.29, 1.82) is 0 Å². The Kier molecular flexibility index (Phi) is 4.89. The molecular weight excluding hydrogens is 350 g/mol. The summed E-state index contributed by atoms with van der Waals surface area (Å²) in [5, 5.41) is 3.07. The summed E-state index contributed by atoms with van der Waals surface area (Å²) in [4.78, 5) is 24.4. The average molecular weight is 376 g/mol. The van der Waals surface area contributed by atoms with Gasteiger partial charge in [0.2, 0.25) is 5.91 Å². The number of Topliss-reactive ketones (excluding diaryl/α,β-unsaturated/α-hetero) is 1. The van der Waals surface area contributed by atoms with E-state index in [1.54, 1.807) is 19.1 Å². The maximum Gasteiger partial charge on any atom is 0.227 e. The molecule has 0 aromatic heterocycles. The van der Waals surface area contributed by atoms with Gasteiger partial charge in [0.15, 0.2) is 5.78 Å². The maximum absolute atomic E-state index is 12.9. The van der Waals surface area contributed by atoms with Crippen LogP contribution in [-0.2, 0) is 4.79 Å². The molecule has 3 nitrogen and oxygen atoms in total. The number of carbonyl (C=O) groups excluding carboxylic acids is 2. The highest BCUT2D eigenvalue weighted by Gasteiger charge is 2.55. The fraction of sp³-hybridized carbons (Fsp3) is 0.600. The van der Waals surface area contributed by atoms with Crippen molar-refractivity contribution in [3.8, 4) is 0 Å². The molecule has 1 aliphatic heterocycles. The second kappa shape index (κ2) is 6.99. The van der Waals surface area contributed by atoms with Crippen LogP contribution in [0.5, 0.6) is 0 Å². The molecule has 2 saturated carbocycles. The van der Waals surface area contributed by atoms with E-state index in [0.717, 1.165) is 18.5 Å². The first-order valence-electron chi connectivity index (χ1n) is 9.28. The molecule has 1 spiro atoms. The number of ketones is 1. The minimum absolute atomic E-state index is 0.0283. The van der Waals surface area contributed by atoms with Crippen LogP contribution in [0.3, 0.4) is 0 Å². The van der Waals surface area contributed by atoms with Crippen molar-refractivity contribution in [2.45, 2.75) is 43.1 Å². The zero-order chi connectivity index (χ0) is 17.4. The second-order valence-electron chi connectivity index (χ2n) is 7.54. The molecule has 25 heavy (non-hydrogen) atoms. The molecule has 2 bridgehead atoms. The molecule has 2 aliphatic carbocycles. The van der Waals surface area contributed by atoms with Crippen molar-refractivity contribution >= 4 is 40.9 Å². The van der Waals surface area contributed by atoms with Crippen LogP contribution in [0.1, 0.15) is 49.4 Å². The van der Waals surface area contributed by atoms with Crippen molar-refractivity contribution < 1.29 is 9.59 Å². The molecule has 134 valence electrons. The molecule has 0 radical (unpaired) electrons. The van der Waals surface area contributed by atoms with Crippen molar-refractivity contribution in [2.24, 2.45) is 17.8 Å². The summed E-state index contributed by atoms with van der Waals surface area (Å²) < 4.78 is 0.406. The molecule has 1 aromatic rings. The van der Waals surface area contributed by atoms with Gasteiger partial charge in [-0.05, 0) is 56.6 Å². The summed E-state index contributed by atoms with van der Waals surface area (Å²) in [7, 11) is 0. The van der Waals surface area contributed by atoms with Gasteiger partial charge in [-0.15, -0.1) is 23.5 Å². The van der Waals surface area contributed by atoms with E-state index in [9.17, 15) is 9.59 Å². The van der Waals surface area contributed by atoms with E-state index in [2.05, 4.69) is 28.8 Å². The minimum atomic E-state index is 0.0283. The predicted molar refractivity (Wildman–Crippen MR) is 106 cm³/mol. The number of anilines is 1. The van der Waals surface area contributed by atoms with Crippen LogP contribution in [0.2, 0.25) is 0 Å². The Hall–Kier alpha value is -0.940. The van der Waals surface area contributed by atoms with Gasteiger partial charge in [0.05, 0.1) is 4.08 Å². The third kappa shape index (κ3) is 3.25. The van der Waals surface area contributed by atoms with Gasteiger partial charge < -0.3 is 5.32 Å². The molecule has 3 aliphatic rings. The van der Waals surface area contributed by atoms with Gasteiger partial charge in [0, 0.05) is 28.7 Å². The largest absolute Gasteiger partial charge is 0.326 e. The van der Waals surface area contributed by atoms with Crippen molar-refractivity contribution in [2.75, 3.05) is 16.8 Å². The lowest BCUT2D eigenvalue weighted by atomic mass is 9.67. The SMILES string of the molecule is CC(=O)c1cccc(NC(=O)C2C[C@H]3CCC[C@@H](C2)C32SCCS2)c1. The average Bonchev–Trinajstić information content (AvgIpc) is 3.04. The normalized spacial score (nSPS) is 30.2. The van der Waals surface area contributed by atoms with Gasteiger partial charge in [-0.3, -0.25) is 9.59 Å². The van der Waals surface area contributed by atoms with E-state index in [1.165, 1.54) is 30.8 Å². The Labute approximate surface area is 158 Å². The third-order valence-electron chi connectivity index (χ3n) is 6.03. The number of thioether (sulfide) groups is 2. The van der Waals surface area contributed by atoms with Gasteiger partial charge in [-0.25, -0.2) is 0 Å². The van der Waals surface area contributed by atoms with Gasteiger partial charge in [-0.2, -0.15) is 0 Å². The van der Waals surface area contributed by atoms with Crippen molar-refractivity contribution in [1.82, 2.24) is 0 Å². The molecule has 3 fully saturated rings. The zero-order valence-electron chi connectivity index (χ0n) is 14.6. The number of rotatable bonds is 3. The molecule has 1 aromatic carbocycles. The molecule has 1 amide bonds. The monoisotopic (exact) mass is 375 g/mol. The summed E-state index contributed by atoms with van der Waals surface area (Å²) in [5.74, 6) is 4.18. The minimum Gasteiger partial charge on any atom is -0.326 e. The summed E-state index contributed by atoms with van der Waals surface area (Å²) in [6.45, 7) is 1.56. The molecule has 5 heteroatoms. The van der Waals surface area contributed by atoms with Crippen molar-refractivity contribution in [3.63, 3.8) is 0 Å². The van der Waals surface area contributed by atoms with Gasteiger partial charge in [0.1, 0.15) is 0 Å². The van der Waals surface area contributed by atoms with E-state index in [4.69, 9.17) is 0 Å². The summed E-state index contributed by atoms with van der Waals surface area (Å²) in [6.07, 6.45) is 5.93. The molecule has 1 heterocycles. The second-order valence-corrected chi connectivity index (χ2v) is 10.5. The van der Waals surface area contributed by atoms with E-state index in [0.29, 0.717) is 21.5 Å². The van der Waals surface area contributed by atoms with E-state index >= 15 is 0 Å². The Morgan fingerprint density at radius 1 is 1.12 bits per heavy atom. The van der Waals surface area contributed by atoms with Crippen LogP contribution in [0.4, 0.5) is 5.69 Å². The van der Waals surface area contributed by atoms with Gasteiger partial charge >= 0.3 is 0 Å². The third-order valence-corrected chi connectivity index (χ3v) is 10.0. The van der Waals surface area contributed by atoms with Crippen LogP contribution in [0.15, 0.2) is 24.3 Å². The first-order chi connectivity index (χ1) is 12.1. The number of hydrogen-bond acceptors (Lipinski definition) is 4. The van der Waals surface area contributed by atoms with E-state index in [-0.39, 0.29) is 17.6 Å². The smallest absolute Gasteiger partial charge is 0.227 e. The number of amides is 1. The maximum atomic E-state index is 12.9. The van der Waals surface area contributed by atoms with Crippen LogP contribution in [-0.4, -0.2) is 27.3 Å². The fourth-order valence-corrected chi connectivity index (χ4v) is 8.82. The number of carbonyl (C=O) groups is 2. The number of benzene rings is 1. The molecular formula is C20H25NO2S2. The van der Waals surface area contributed by atoms with Crippen molar-refractivity contribution in [3.05, 3.63) is 29.8 Å². The first kappa shape index (κ1) is 17.5. The predicted octanol–water partition coefficient (Wildman–Crippen LogP) is 4.83. The standard InChI is InChI=1S/C20H25NO2S2/c1-13(22)14-4-2-7-18(12-14)21-19(23)15-10-16-5-3-6-17(11-15)20(16)24-8-9-25-20/h2,4,7,12,15-17H,3,5-6,8-11H2,1H3,(H,21,23)/t15?,16-,17+. The van der Waals surface area contributed by atoms with E-state index < -0.39 is 0 Å². The van der Waals surface area contributed by atoms with Gasteiger partial charge in [0.25, 0.3) is 0 Å². The summed E-state index contributed by atoms with van der Waals surface area (Å²) in [6, 6.07) is 7.29. The molecule has 4 rings (SSSR count). The van der Waals surface area contributed by atoms with E-state index in [1.807, 2.05) is 12.1 Å². The first-order valence-corrected chi connectivity index (χ1v) is 11.3. The number of hydrogen-bond donors (Lipinski definition) is 1. The molecule has 3 atom stereocenters. The molecule has 1 unspecified atom stereocenters.